The number of benzene rings is 2. The van der Waals surface area contributed by atoms with Gasteiger partial charge in [0, 0.05) is 9.85 Å². The van der Waals surface area contributed by atoms with E-state index in [2.05, 4.69) is 15.9 Å². The van der Waals surface area contributed by atoms with Crippen LogP contribution in [0.1, 0.15) is 16.0 Å². The Morgan fingerprint density at radius 3 is 2.68 bits per heavy atom. The Balaban J connectivity index is 2.18. The molecule has 0 N–H and O–H groups in total. The molecule has 0 aliphatic carbocycles. The van der Waals surface area contributed by atoms with Crippen LogP contribution in [0, 0.1) is 5.82 Å². The minimum Gasteiger partial charge on any atom is -0.497 e. The van der Waals surface area contributed by atoms with Crippen LogP contribution in [0.4, 0.5) is 4.39 Å². The van der Waals surface area contributed by atoms with E-state index in [0.29, 0.717) is 11.4 Å². The second-order valence-corrected chi connectivity index (χ2v) is 5.70. The highest BCUT2D eigenvalue weighted by Crippen LogP contribution is 2.34. The second-order valence-electron chi connectivity index (χ2n) is 4.19. The molecule has 0 radical (unpaired) electrons. The van der Waals surface area contributed by atoms with Gasteiger partial charge in [0.2, 0.25) is 0 Å². The number of rotatable bonds is 4. The van der Waals surface area contributed by atoms with Crippen molar-refractivity contribution in [3.8, 4) is 5.75 Å². The molecule has 19 heavy (non-hydrogen) atoms. The van der Waals surface area contributed by atoms with Gasteiger partial charge in [0.25, 0.3) is 0 Å². The van der Waals surface area contributed by atoms with E-state index in [9.17, 15) is 4.39 Å². The molecule has 0 aromatic heterocycles. The molecule has 0 spiro atoms. The fourth-order valence-electron chi connectivity index (χ4n) is 1.87. The van der Waals surface area contributed by atoms with Gasteiger partial charge < -0.3 is 4.74 Å². The van der Waals surface area contributed by atoms with E-state index in [4.69, 9.17) is 16.3 Å². The van der Waals surface area contributed by atoms with E-state index in [-0.39, 0.29) is 10.6 Å². The van der Waals surface area contributed by atoms with Crippen LogP contribution in [-0.2, 0) is 6.42 Å². The Hall–Kier alpha value is -1.06. The monoisotopic (exact) mass is 342 g/mol. The largest absolute Gasteiger partial charge is 0.497 e. The van der Waals surface area contributed by atoms with Crippen LogP contribution in [0.3, 0.4) is 0 Å². The zero-order valence-corrected chi connectivity index (χ0v) is 12.7. The van der Waals surface area contributed by atoms with Crippen LogP contribution in [0.5, 0.6) is 5.75 Å². The summed E-state index contributed by atoms with van der Waals surface area (Å²) in [6.07, 6.45) is 0.670. The number of hydrogen-bond acceptors (Lipinski definition) is 1. The molecule has 0 saturated heterocycles. The van der Waals surface area contributed by atoms with Crippen molar-refractivity contribution in [1.82, 2.24) is 0 Å². The van der Waals surface area contributed by atoms with Crippen molar-refractivity contribution in [2.24, 2.45) is 0 Å². The van der Waals surface area contributed by atoms with Crippen LogP contribution in [0.25, 0.3) is 0 Å². The van der Waals surface area contributed by atoms with Crippen LogP contribution in [0.15, 0.2) is 42.5 Å². The maximum absolute atomic E-state index is 13.1. The maximum atomic E-state index is 13.1. The molecule has 0 bridgehead atoms. The van der Waals surface area contributed by atoms with Gasteiger partial charge in [-0.15, -0.1) is 0 Å². The molecule has 0 aliphatic rings. The van der Waals surface area contributed by atoms with Gasteiger partial charge in [-0.3, -0.25) is 0 Å². The molecule has 1 atom stereocenters. The molecule has 0 heterocycles. The first-order valence-corrected chi connectivity index (χ1v) is 7.11. The van der Waals surface area contributed by atoms with Gasteiger partial charge in [-0.25, -0.2) is 4.39 Å². The zero-order valence-electron chi connectivity index (χ0n) is 10.4. The number of hydrogen-bond donors (Lipinski definition) is 0. The van der Waals surface area contributed by atoms with Crippen molar-refractivity contribution in [2.45, 2.75) is 11.2 Å². The van der Waals surface area contributed by atoms with Crippen LogP contribution < -0.4 is 4.74 Å². The highest BCUT2D eigenvalue weighted by molar-refractivity contribution is 9.09. The van der Waals surface area contributed by atoms with Crippen molar-refractivity contribution in [2.75, 3.05) is 7.11 Å². The first kappa shape index (κ1) is 14.4. The van der Waals surface area contributed by atoms with Crippen molar-refractivity contribution in [3.05, 3.63) is 64.4 Å². The molecule has 0 aliphatic heterocycles. The lowest BCUT2D eigenvalue weighted by Crippen LogP contribution is -1.97. The molecule has 1 unspecified atom stereocenters. The third kappa shape index (κ3) is 3.71. The molecule has 1 nitrogen and oxygen atoms in total. The summed E-state index contributed by atoms with van der Waals surface area (Å²) >= 11 is 9.81. The predicted octanol–water partition coefficient (Wildman–Crippen LogP) is 5.17. The molecular formula is C15H13BrClFO. The first-order valence-electron chi connectivity index (χ1n) is 5.82. The number of halogens is 3. The number of alkyl halides is 1. The van der Waals surface area contributed by atoms with Gasteiger partial charge in [0.15, 0.2) is 0 Å². The van der Waals surface area contributed by atoms with Gasteiger partial charge in [-0.2, -0.15) is 0 Å². The summed E-state index contributed by atoms with van der Waals surface area (Å²) in [4.78, 5) is 0.0349. The standard InChI is InChI=1S/C15H13BrClFO/c1-19-12-5-6-13(15(17)9-12)14(16)8-10-3-2-4-11(18)7-10/h2-7,9,14H,8H2,1H3. The predicted molar refractivity (Wildman–Crippen MR) is 79.8 cm³/mol. The summed E-state index contributed by atoms with van der Waals surface area (Å²) in [5, 5.41) is 0.637. The summed E-state index contributed by atoms with van der Waals surface area (Å²) < 4.78 is 18.3. The van der Waals surface area contributed by atoms with E-state index in [1.54, 1.807) is 19.2 Å². The summed E-state index contributed by atoms with van der Waals surface area (Å²) in [7, 11) is 1.60. The third-order valence-electron chi connectivity index (χ3n) is 2.85. The minimum atomic E-state index is -0.224. The van der Waals surface area contributed by atoms with E-state index in [1.165, 1.54) is 12.1 Å². The fraction of sp³-hybridized carbons (Fsp3) is 0.200. The van der Waals surface area contributed by atoms with Gasteiger partial charge in [-0.1, -0.05) is 45.7 Å². The molecule has 0 fully saturated rings. The Morgan fingerprint density at radius 1 is 1.26 bits per heavy atom. The van der Waals surface area contributed by atoms with E-state index in [0.717, 1.165) is 16.9 Å². The average Bonchev–Trinajstić information content (AvgIpc) is 2.38. The Labute approximate surface area is 125 Å². The van der Waals surface area contributed by atoms with E-state index in [1.807, 2.05) is 18.2 Å². The Bertz CT molecular complexity index is 574. The van der Waals surface area contributed by atoms with Crippen molar-refractivity contribution in [3.63, 3.8) is 0 Å². The summed E-state index contributed by atoms with van der Waals surface area (Å²) in [6.45, 7) is 0. The molecule has 0 saturated carbocycles. The average molecular weight is 344 g/mol. The molecule has 100 valence electrons. The van der Waals surface area contributed by atoms with E-state index >= 15 is 0 Å². The van der Waals surface area contributed by atoms with Gasteiger partial charge in [0.1, 0.15) is 11.6 Å². The number of methoxy groups -OCH3 is 1. The Morgan fingerprint density at radius 2 is 2.05 bits per heavy atom. The van der Waals surface area contributed by atoms with Crippen LogP contribution >= 0.6 is 27.5 Å². The molecule has 4 heteroatoms. The van der Waals surface area contributed by atoms with Crippen LogP contribution in [0.2, 0.25) is 5.02 Å². The molecule has 2 rings (SSSR count). The lowest BCUT2D eigenvalue weighted by Gasteiger charge is -2.13. The van der Waals surface area contributed by atoms with Crippen molar-refractivity contribution < 1.29 is 9.13 Å². The third-order valence-corrected chi connectivity index (χ3v) is 3.99. The molecule has 2 aromatic rings. The van der Waals surface area contributed by atoms with Gasteiger partial charge in [-0.05, 0) is 41.8 Å². The first-order chi connectivity index (χ1) is 9.10. The quantitative estimate of drug-likeness (QED) is 0.696. The van der Waals surface area contributed by atoms with Crippen molar-refractivity contribution >= 4 is 27.5 Å². The van der Waals surface area contributed by atoms with Gasteiger partial charge >= 0.3 is 0 Å². The topological polar surface area (TPSA) is 9.23 Å². The second kappa shape index (κ2) is 6.40. The van der Waals surface area contributed by atoms with Crippen molar-refractivity contribution in [1.29, 1.82) is 0 Å². The number of ether oxygens (including phenoxy) is 1. The smallest absolute Gasteiger partial charge is 0.123 e. The van der Waals surface area contributed by atoms with Gasteiger partial charge in [0.05, 0.1) is 7.11 Å². The Kier molecular flexibility index (Phi) is 4.83. The maximum Gasteiger partial charge on any atom is 0.123 e. The summed E-state index contributed by atoms with van der Waals surface area (Å²) in [6, 6.07) is 12.1. The zero-order chi connectivity index (χ0) is 13.8. The van der Waals surface area contributed by atoms with E-state index < -0.39 is 0 Å². The van der Waals surface area contributed by atoms with Crippen LogP contribution in [-0.4, -0.2) is 7.11 Å². The normalized spacial score (nSPS) is 12.2. The SMILES string of the molecule is COc1ccc(C(Br)Cc2cccc(F)c2)c(Cl)c1. The summed E-state index contributed by atoms with van der Waals surface area (Å²) in [5.74, 6) is 0.497. The molecule has 0 amide bonds. The minimum absolute atomic E-state index is 0.0349. The highest BCUT2D eigenvalue weighted by atomic mass is 79.9. The fourth-order valence-corrected chi connectivity index (χ4v) is 3.08. The lowest BCUT2D eigenvalue weighted by molar-refractivity contribution is 0.414. The lowest BCUT2D eigenvalue weighted by atomic mass is 10.0. The molecule has 2 aromatic carbocycles. The highest BCUT2D eigenvalue weighted by Gasteiger charge is 2.13. The molecular weight excluding hydrogens is 331 g/mol. The summed E-state index contributed by atoms with van der Waals surface area (Å²) in [5.41, 5.74) is 1.89.